The van der Waals surface area contributed by atoms with Crippen LogP contribution >= 0.6 is 0 Å². The number of aromatic nitrogens is 1. The van der Waals surface area contributed by atoms with E-state index in [-0.39, 0.29) is 0 Å². The van der Waals surface area contributed by atoms with Crippen molar-refractivity contribution < 1.29 is 9.47 Å². The molecule has 0 unspecified atom stereocenters. The van der Waals surface area contributed by atoms with Crippen LogP contribution in [0.2, 0.25) is 0 Å². The number of benzene rings is 8. The van der Waals surface area contributed by atoms with E-state index in [2.05, 4.69) is 168 Å². The maximum Gasteiger partial charge on any atom is 0.136 e. The first-order valence-corrected chi connectivity index (χ1v) is 17.3. The lowest BCUT2D eigenvalue weighted by Crippen LogP contribution is -2.01. The molecule has 0 radical (unpaired) electrons. The van der Waals surface area contributed by atoms with Crippen LogP contribution in [-0.2, 0) is 0 Å². The van der Waals surface area contributed by atoms with Crippen molar-refractivity contribution in [2.24, 2.45) is 0 Å². The van der Waals surface area contributed by atoms with Gasteiger partial charge in [-0.1, -0.05) is 146 Å². The molecule has 10 rings (SSSR count). The van der Waals surface area contributed by atoms with Crippen molar-refractivity contribution in [1.82, 2.24) is 4.57 Å². The van der Waals surface area contributed by atoms with E-state index < -0.39 is 0 Å². The Labute approximate surface area is 296 Å². The highest BCUT2D eigenvalue weighted by Gasteiger charge is 2.26. The fourth-order valence-electron chi connectivity index (χ4n) is 7.71. The van der Waals surface area contributed by atoms with Gasteiger partial charge < -0.3 is 14.0 Å². The summed E-state index contributed by atoms with van der Waals surface area (Å²) in [7, 11) is 0. The summed E-state index contributed by atoms with van der Waals surface area (Å²) in [6, 6.07) is 65.7. The summed E-state index contributed by atoms with van der Waals surface area (Å²) in [5.41, 5.74) is 11.7. The molecule has 0 fully saturated rings. The fourth-order valence-corrected chi connectivity index (χ4v) is 7.71. The minimum absolute atomic E-state index is 0.758. The highest BCUT2D eigenvalue weighted by Crippen LogP contribution is 2.52. The van der Waals surface area contributed by atoms with Crippen LogP contribution in [0, 0.1) is 0 Å². The van der Waals surface area contributed by atoms with Gasteiger partial charge in [0.2, 0.25) is 0 Å². The summed E-state index contributed by atoms with van der Waals surface area (Å²) in [4.78, 5) is 0. The zero-order chi connectivity index (χ0) is 33.7. The van der Waals surface area contributed by atoms with Crippen molar-refractivity contribution in [2.75, 3.05) is 0 Å². The molecule has 0 atom stereocenters. The number of hydrogen-bond donors (Lipinski definition) is 0. The third-order valence-electron chi connectivity index (χ3n) is 9.89. The van der Waals surface area contributed by atoms with E-state index in [1.165, 1.54) is 10.8 Å². The van der Waals surface area contributed by atoms with Gasteiger partial charge in [0.15, 0.2) is 0 Å². The Kier molecular flexibility index (Phi) is 6.81. The highest BCUT2D eigenvalue weighted by molar-refractivity contribution is 6.15. The Morgan fingerprint density at radius 3 is 1.51 bits per heavy atom. The van der Waals surface area contributed by atoms with E-state index >= 15 is 0 Å². The summed E-state index contributed by atoms with van der Waals surface area (Å²) in [6.45, 7) is 0. The van der Waals surface area contributed by atoms with Gasteiger partial charge in [-0.3, -0.25) is 0 Å². The molecule has 240 valence electrons. The lowest BCUT2D eigenvalue weighted by Gasteiger charge is -2.24. The van der Waals surface area contributed by atoms with Crippen molar-refractivity contribution in [1.29, 1.82) is 0 Å². The molecule has 51 heavy (non-hydrogen) atoms. The minimum atomic E-state index is 0.758. The fraction of sp³-hybridized carbons (Fsp3) is 0. The molecule has 9 aromatic rings. The zero-order valence-corrected chi connectivity index (χ0v) is 27.7. The van der Waals surface area contributed by atoms with Crippen molar-refractivity contribution in [3.8, 4) is 73.2 Å². The number of nitrogens with zero attached hydrogens (tertiary/aromatic N) is 1. The van der Waals surface area contributed by atoms with Crippen molar-refractivity contribution in [3.05, 3.63) is 188 Å². The maximum absolute atomic E-state index is 7.18. The lowest BCUT2D eigenvalue weighted by molar-refractivity contribution is 0.472. The standard InChI is InChI=1S/C48H31NO2/c1-3-16-32(17-4-1)34-23-14-30-44-46(34)39-21-8-11-28-42(39)50-43-29-12-9-22-40(43)47-36(24-15-31-45(47)51-44)38-26-13-25-37-35-20-7-10-27-41(35)49(48(37)38)33-18-5-2-6-19-33/h1-31H. The second-order valence-corrected chi connectivity index (χ2v) is 12.8. The first-order chi connectivity index (χ1) is 25.3. The lowest BCUT2D eigenvalue weighted by atomic mass is 9.90. The summed E-state index contributed by atoms with van der Waals surface area (Å²) < 4.78 is 16.6. The largest absolute Gasteiger partial charge is 0.456 e. The summed E-state index contributed by atoms with van der Waals surface area (Å²) >= 11 is 0. The van der Waals surface area contributed by atoms with E-state index in [1.54, 1.807) is 0 Å². The first kappa shape index (κ1) is 29.1. The quantitative estimate of drug-likeness (QED) is 0.189. The Morgan fingerprint density at radius 1 is 0.314 bits per heavy atom. The van der Waals surface area contributed by atoms with Gasteiger partial charge in [0.1, 0.15) is 23.0 Å². The number of rotatable bonds is 3. The van der Waals surface area contributed by atoms with Crippen LogP contribution in [-0.4, -0.2) is 4.57 Å². The number of fused-ring (bicyclic) bond motifs is 9. The Morgan fingerprint density at radius 2 is 0.784 bits per heavy atom. The molecule has 0 bridgehead atoms. The Balaban J connectivity index is 1.30. The molecule has 3 nitrogen and oxygen atoms in total. The van der Waals surface area contributed by atoms with E-state index in [9.17, 15) is 0 Å². The Bertz CT molecular complexity index is 2740. The Hall–Kier alpha value is -6.84. The zero-order valence-electron chi connectivity index (χ0n) is 27.7. The van der Waals surface area contributed by atoms with Crippen LogP contribution in [0.15, 0.2) is 188 Å². The van der Waals surface area contributed by atoms with E-state index in [1.807, 2.05) is 24.3 Å². The minimum Gasteiger partial charge on any atom is -0.456 e. The molecule has 0 aliphatic carbocycles. The predicted molar refractivity (Wildman–Crippen MR) is 209 cm³/mol. The van der Waals surface area contributed by atoms with Crippen molar-refractivity contribution in [2.45, 2.75) is 0 Å². The smallest absolute Gasteiger partial charge is 0.136 e. The monoisotopic (exact) mass is 653 g/mol. The molecule has 8 aromatic carbocycles. The normalized spacial score (nSPS) is 11.8. The molecule has 1 aliphatic heterocycles. The van der Waals surface area contributed by atoms with Crippen LogP contribution in [0.4, 0.5) is 0 Å². The molecule has 1 aliphatic rings. The van der Waals surface area contributed by atoms with Gasteiger partial charge in [-0.25, -0.2) is 0 Å². The van der Waals surface area contributed by atoms with E-state index in [4.69, 9.17) is 9.47 Å². The highest BCUT2D eigenvalue weighted by atomic mass is 16.5. The molecule has 0 saturated heterocycles. The predicted octanol–water partition coefficient (Wildman–Crippen LogP) is 13.3. The second kappa shape index (κ2) is 11.9. The third kappa shape index (κ3) is 4.74. The van der Waals surface area contributed by atoms with E-state index in [0.29, 0.717) is 0 Å². The summed E-state index contributed by atoms with van der Waals surface area (Å²) in [6.07, 6.45) is 0. The molecular weight excluding hydrogens is 623 g/mol. The molecule has 2 heterocycles. The average Bonchev–Trinajstić information content (AvgIpc) is 3.54. The van der Waals surface area contributed by atoms with E-state index in [0.717, 1.165) is 84.2 Å². The van der Waals surface area contributed by atoms with Crippen LogP contribution in [0.1, 0.15) is 0 Å². The van der Waals surface area contributed by atoms with Gasteiger partial charge in [-0.15, -0.1) is 0 Å². The first-order valence-electron chi connectivity index (χ1n) is 17.3. The van der Waals surface area contributed by atoms with Gasteiger partial charge in [-0.2, -0.15) is 0 Å². The molecule has 0 saturated carbocycles. The summed E-state index contributed by atoms with van der Waals surface area (Å²) in [5.74, 6) is 3.06. The van der Waals surface area contributed by atoms with Gasteiger partial charge in [-0.05, 0) is 59.2 Å². The van der Waals surface area contributed by atoms with Gasteiger partial charge in [0.25, 0.3) is 0 Å². The molecule has 0 amide bonds. The topological polar surface area (TPSA) is 23.4 Å². The molecule has 0 N–H and O–H groups in total. The van der Waals surface area contributed by atoms with Crippen LogP contribution in [0.25, 0.3) is 72.0 Å². The SMILES string of the molecule is c1ccc(-c2cccc3c2-c2ccccc2Oc2ccccc2-c2c(cccc2-c2cccc4c5ccccc5n(-c5ccccc5)c24)O3)cc1. The summed E-state index contributed by atoms with van der Waals surface area (Å²) in [5, 5.41) is 2.41. The van der Waals surface area contributed by atoms with Gasteiger partial charge in [0.05, 0.1) is 11.0 Å². The molecule has 0 spiro atoms. The van der Waals surface area contributed by atoms with Crippen LogP contribution in [0.3, 0.4) is 0 Å². The van der Waals surface area contributed by atoms with Gasteiger partial charge >= 0.3 is 0 Å². The molecule has 3 heteroatoms. The second-order valence-electron chi connectivity index (χ2n) is 12.8. The third-order valence-corrected chi connectivity index (χ3v) is 9.89. The van der Waals surface area contributed by atoms with Crippen LogP contribution < -0.4 is 9.47 Å². The van der Waals surface area contributed by atoms with Crippen molar-refractivity contribution >= 4 is 21.8 Å². The number of ether oxygens (including phenoxy) is 2. The van der Waals surface area contributed by atoms with Crippen LogP contribution in [0.5, 0.6) is 23.0 Å². The molecular formula is C48H31NO2. The number of para-hydroxylation sites is 5. The average molecular weight is 654 g/mol. The van der Waals surface area contributed by atoms with Gasteiger partial charge in [0, 0.05) is 44.3 Å². The molecule has 1 aromatic heterocycles. The maximum atomic E-state index is 7.18. The van der Waals surface area contributed by atoms with Crippen molar-refractivity contribution in [3.63, 3.8) is 0 Å². The number of hydrogen-bond acceptors (Lipinski definition) is 2.